The summed E-state index contributed by atoms with van der Waals surface area (Å²) in [7, 11) is 0. The minimum absolute atomic E-state index is 0.0347. The molecule has 0 fully saturated rings. The lowest BCUT2D eigenvalue weighted by Gasteiger charge is -2.25. The predicted octanol–water partition coefficient (Wildman–Crippen LogP) is 2.56. The fraction of sp³-hybridized carbons (Fsp3) is 0.600. The van der Waals surface area contributed by atoms with Gasteiger partial charge in [0.25, 0.3) is 0 Å². The van der Waals surface area contributed by atoms with Crippen molar-refractivity contribution in [2.75, 3.05) is 13.2 Å². The average Bonchev–Trinajstić information content (AvgIpc) is 2.39. The molecular formula is C15H25NO2. The molecule has 0 heterocycles. The van der Waals surface area contributed by atoms with Crippen LogP contribution in [0, 0.1) is 13.8 Å². The van der Waals surface area contributed by atoms with Crippen molar-refractivity contribution >= 4 is 0 Å². The van der Waals surface area contributed by atoms with Gasteiger partial charge in [0.2, 0.25) is 0 Å². The molecule has 1 aromatic carbocycles. The van der Waals surface area contributed by atoms with E-state index < -0.39 is 5.54 Å². The number of hydrogen-bond acceptors (Lipinski definition) is 3. The Morgan fingerprint density at radius 3 is 2.67 bits per heavy atom. The van der Waals surface area contributed by atoms with E-state index in [4.69, 9.17) is 10.5 Å². The zero-order valence-electron chi connectivity index (χ0n) is 11.7. The van der Waals surface area contributed by atoms with Crippen molar-refractivity contribution in [3.8, 4) is 5.75 Å². The molecule has 0 spiro atoms. The number of aliphatic hydroxyl groups is 1. The minimum Gasteiger partial charge on any atom is -0.493 e. The molecule has 0 radical (unpaired) electrons. The van der Waals surface area contributed by atoms with Gasteiger partial charge in [-0.15, -0.1) is 0 Å². The van der Waals surface area contributed by atoms with Gasteiger partial charge in [0.05, 0.1) is 13.2 Å². The molecule has 1 unspecified atom stereocenters. The van der Waals surface area contributed by atoms with Crippen LogP contribution in [0.2, 0.25) is 0 Å². The molecule has 3 N–H and O–H groups in total. The van der Waals surface area contributed by atoms with Crippen LogP contribution in [-0.4, -0.2) is 23.9 Å². The highest BCUT2D eigenvalue weighted by Gasteiger charge is 2.20. The van der Waals surface area contributed by atoms with Gasteiger partial charge < -0.3 is 15.6 Å². The highest BCUT2D eigenvalue weighted by atomic mass is 16.5. The average molecular weight is 251 g/mol. The van der Waals surface area contributed by atoms with E-state index in [9.17, 15) is 5.11 Å². The molecule has 102 valence electrons. The van der Waals surface area contributed by atoms with Crippen LogP contribution in [0.5, 0.6) is 5.75 Å². The van der Waals surface area contributed by atoms with E-state index in [1.54, 1.807) is 0 Å². The SMILES string of the molecule is CCC(N)(CO)CCCOc1cccc(C)c1C. The number of hydrogen-bond donors (Lipinski definition) is 2. The molecule has 0 aliphatic carbocycles. The molecule has 0 saturated heterocycles. The third-order valence-electron chi connectivity index (χ3n) is 3.65. The molecule has 0 aliphatic heterocycles. The van der Waals surface area contributed by atoms with E-state index in [2.05, 4.69) is 19.9 Å². The Kier molecular flexibility index (Phi) is 5.63. The summed E-state index contributed by atoms with van der Waals surface area (Å²) in [6.07, 6.45) is 2.43. The molecule has 0 aromatic heterocycles. The highest BCUT2D eigenvalue weighted by Crippen LogP contribution is 2.21. The van der Waals surface area contributed by atoms with Gasteiger partial charge in [-0.05, 0) is 50.3 Å². The lowest BCUT2D eigenvalue weighted by atomic mass is 9.93. The van der Waals surface area contributed by atoms with Crippen molar-refractivity contribution in [3.05, 3.63) is 29.3 Å². The van der Waals surface area contributed by atoms with Crippen molar-refractivity contribution in [1.29, 1.82) is 0 Å². The summed E-state index contributed by atoms with van der Waals surface area (Å²) >= 11 is 0. The van der Waals surface area contributed by atoms with Gasteiger partial charge in [0, 0.05) is 5.54 Å². The van der Waals surface area contributed by atoms with E-state index in [0.29, 0.717) is 6.61 Å². The lowest BCUT2D eigenvalue weighted by Crippen LogP contribution is -2.43. The third-order valence-corrected chi connectivity index (χ3v) is 3.65. The Hall–Kier alpha value is -1.06. The van der Waals surface area contributed by atoms with Gasteiger partial charge in [-0.3, -0.25) is 0 Å². The largest absolute Gasteiger partial charge is 0.493 e. The van der Waals surface area contributed by atoms with Crippen LogP contribution in [0.15, 0.2) is 18.2 Å². The number of ether oxygens (including phenoxy) is 1. The van der Waals surface area contributed by atoms with E-state index >= 15 is 0 Å². The van der Waals surface area contributed by atoms with Gasteiger partial charge >= 0.3 is 0 Å². The first-order valence-corrected chi connectivity index (χ1v) is 6.61. The summed E-state index contributed by atoms with van der Waals surface area (Å²) in [5.41, 5.74) is 8.00. The van der Waals surface area contributed by atoms with E-state index in [-0.39, 0.29) is 6.61 Å². The Morgan fingerprint density at radius 1 is 1.33 bits per heavy atom. The maximum atomic E-state index is 9.22. The molecule has 0 amide bonds. The van der Waals surface area contributed by atoms with Crippen LogP contribution in [0.4, 0.5) is 0 Å². The second-order valence-electron chi connectivity index (χ2n) is 5.02. The molecule has 1 atom stereocenters. The first-order valence-electron chi connectivity index (χ1n) is 6.61. The molecule has 1 aromatic rings. The first kappa shape index (κ1) is 15.0. The van der Waals surface area contributed by atoms with Crippen molar-refractivity contribution in [3.63, 3.8) is 0 Å². The van der Waals surface area contributed by atoms with Crippen molar-refractivity contribution in [1.82, 2.24) is 0 Å². The van der Waals surface area contributed by atoms with E-state index in [0.717, 1.165) is 25.0 Å². The Bertz CT molecular complexity index is 373. The van der Waals surface area contributed by atoms with Crippen LogP contribution < -0.4 is 10.5 Å². The van der Waals surface area contributed by atoms with Gasteiger partial charge in [-0.25, -0.2) is 0 Å². The molecule has 0 bridgehead atoms. The maximum Gasteiger partial charge on any atom is 0.122 e. The molecule has 3 heteroatoms. The summed E-state index contributed by atoms with van der Waals surface area (Å²) in [6.45, 7) is 6.83. The standard InChI is InChI=1S/C15H25NO2/c1-4-15(16,11-17)9-6-10-18-14-8-5-7-12(2)13(14)3/h5,7-8,17H,4,6,9-11,16H2,1-3H3. The number of aryl methyl sites for hydroxylation is 1. The number of rotatable bonds is 7. The van der Waals surface area contributed by atoms with Crippen LogP contribution >= 0.6 is 0 Å². The summed E-state index contributed by atoms with van der Waals surface area (Å²) in [5.74, 6) is 0.943. The Morgan fingerprint density at radius 2 is 2.06 bits per heavy atom. The smallest absolute Gasteiger partial charge is 0.122 e. The number of benzene rings is 1. The lowest BCUT2D eigenvalue weighted by molar-refractivity contribution is 0.171. The van der Waals surface area contributed by atoms with Gasteiger partial charge in [-0.2, -0.15) is 0 Å². The highest BCUT2D eigenvalue weighted by molar-refractivity contribution is 5.38. The summed E-state index contributed by atoms with van der Waals surface area (Å²) in [4.78, 5) is 0. The topological polar surface area (TPSA) is 55.5 Å². The quantitative estimate of drug-likeness (QED) is 0.732. The normalized spacial score (nSPS) is 14.3. The van der Waals surface area contributed by atoms with Crippen LogP contribution in [0.25, 0.3) is 0 Å². The van der Waals surface area contributed by atoms with Crippen molar-refractivity contribution in [2.45, 2.75) is 45.6 Å². The summed E-state index contributed by atoms with van der Waals surface area (Å²) in [6, 6.07) is 6.07. The molecular weight excluding hydrogens is 226 g/mol. The minimum atomic E-state index is -0.453. The fourth-order valence-corrected chi connectivity index (χ4v) is 1.85. The summed E-state index contributed by atoms with van der Waals surface area (Å²) < 4.78 is 5.76. The van der Waals surface area contributed by atoms with Crippen LogP contribution in [0.1, 0.15) is 37.3 Å². The van der Waals surface area contributed by atoms with Gasteiger partial charge in [0.1, 0.15) is 5.75 Å². The molecule has 1 rings (SSSR count). The Balaban J connectivity index is 2.41. The van der Waals surface area contributed by atoms with Gasteiger partial charge in [-0.1, -0.05) is 19.1 Å². The maximum absolute atomic E-state index is 9.22. The van der Waals surface area contributed by atoms with E-state index in [1.165, 1.54) is 11.1 Å². The monoisotopic (exact) mass is 251 g/mol. The van der Waals surface area contributed by atoms with Crippen LogP contribution in [-0.2, 0) is 0 Å². The zero-order valence-corrected chi connectivity index (χ0v) is 11.7. The fourth-order valence-electron chi connectivity index (χ4n) is 1.85. The zero-order chi connectivity index (χ0) is 13.6. The molecule has 3 nitrogen and oxygen atoms in total. The van der Waals surface area contributed by atoms with Crippen molar-refractivity contribution in [2.24, 2.45) is 5.73 Å². The number of aliphatic hydroxyl groups excluding tert-OH is 1. The molecule has 0 aliphatic rings. The van der Waals surface area contributed by atoms with Crippen LogP contribution in [0.3, 0.4) is 0 Å². The second-order valence-corrected chi connectivity index (χ2v) is 5.02. The summed E-state index contributed by atoms with van der Waals surface area (Å²) in [5, 5.41) is 9.22. The second kappa shape index (κ2) is 6.76. The first-order chi connectivity index (χ1) is 8.52. The number of nitrogens with two attached hydrogens (primary N) is 1. The van der Waals surface area contributed by atoms with Crippen molar-refractivity contribution < 1.29 is 9.84 Å². The molecule has 0 saturated carbocycles. The van der Waals surface area contributed by atoms with E-state index in [1.807, 2.05) is 19.1 Å². The van der Waals surface area contributed by atoms with Gasteiger partial charge in [0.15, 0.2) is 0 Å². The predicted molar refractivity (Wildman–Crippen MR) is 74.9 cm³/mol. The Labute approximate surface area is 110 Å². The third kappa shape index (κ3) is 4.00. The molecule has 18 heavy (non-hydrogen) atoms.